The van der Waals surface area contributed by atoms with E-state index in [4.69, 9.17) is 37.9 Å². The Balaban J connectivity index is 0.997. The van der Waals surface area contributed by atoms with Crippen molar-refractivity contribution in [2.45, 2.75) is 194 Å². The van der Waals surface area contributed by atoms with Crippen LogP contribution in [0.3, 0.4) is 0 Å². The van der Waals surface area contributed by atoms with Crippen LogP contribution in [0.15, 0.2) is 0 Å². The maximum Gasteiger partial charge on any atom is 0.222 e. The first-order chi connectivity index (χ1) is 36.2. The first-order valence-electron chi connectivity index (χ1n) is 26.3. The standard InChI is InChI=1S/C48H87N3O25/c1-25(56)51-48(2,23-69-17-11-30(57)49-13-7-3-5-9-15-71-46-42(67)36(61)32(26(19-52)75-46)44-40(65)38(63)34(59)28(21-54)73-44)24-70-18-12-31(58)50-14-8-4-6-10-16-72-47-43(68)37(62)33(27(20-53)76-47)45-41(66)39(64)35(60)29(22-55)74-45/h26-29,32-47,52-55,59-68H,3-24H2,1-2H3,(H,49,57)(H,50,58)(H,51,56)/t26-,27-,28-,29-,32?,33?,34-,35-,36+,37+,38+,39+,40-,41-,42-,43-,44-,45-,46-,47-,48?/m1/s1. The molecule has 0 bridgehead atoms. The molecule has 76 heavy (non-hydrogen) atoms. The maximum atomic E-state index is 12.4. The van der Waals surface area contributed by atoms with Crippen molar-refractivity contribution in [1.82, 2.24) is 16.0 Å². The van der Waals surface area contributed by atoms with E-state index in [1.807, 2.05) is 0 Å². The lowest BCUT2D eigenvalue weighted by Gasteiger charge is -2.49. The lowest BCUT2D eigenvalue weighted by atomic mass is 9.79. The topological polar surface area (TPSA) is 444 Å². The molecule has 28 nitrogen and oxygen atoms in total. The van der Waals surface area contributed by atoms with Crippen LogP contribution in [0.1, 0.15) is 78.1 Å². The average molecular weight is 1110 g/mol. The maximum absolute atomic E-state index is 12.4. The highest BCUT2D eigenvalue weighted by Gasteiger charge is 2.56. The summed E-state index contributed by atoms with van der Waals surface area (Å²) in [7, 11) is 0. The summed E-state index contributed by atoms with van der Waals surface area (Å²) in [6.45, 7) is 1.65. The van der Waals surface area contributed by atoms with E-state index in [2.05, 4.69) is 16.0 Å². The van der Waals surface area contributed by atoms with Crippen molar-refractivity contribution >= 4 is 17.7 Å². The van der Waals surface area contributed by atoms with Gasteiger partial charge in [-0.1, -0.05) is 25.7 Å². The number of carbonyl (C=O) groups excluding carboxylic acids is 3. The summed E-state index contributed by atoms with van der Waals surface area (Å²) in [5.74, 6) is -3.26. The molecule has 4 aliphatic heterocycles. The molecule has 4 fully saturated rings. The summed E-state index contributed by atoms with van der Waals surface area (Å²) in [6, 6.07) is 0. The van der Waals surface area contributed by atoms with Gasteiger partial charge in [0.2, 0.25) is 17.7 Å². The number of nitrogens with one attached hydrogen (secondary N) is 3. The zero-order chi connectivity index (χ0) is 56.1. The van der Waals surface area contributed by atoms with Gasteiger partial charge in [-0.25, -0.2) is 0 Å². The molecule has 4 aliphatic rings. The molecule has 4 heterocycles. The van der Waals surface area contributed by atoms with Crippen LogP contribution in [0.25, 0.3) is 0 Å². The van der Waals surface area contributed by atoms with Crippen molar-refractivity contribution < 1.29 is 124 Å². The Kier molecular flexibility index (Phi) is 29.0. The van der Waals surface area contributed by atoms with Crippen molar-refractivity contribution in [3.8, 4) is 0 Å². The minimum Gasteiger partial charge on any atom is -0.394 e. The van der Waals surface area contributed by atoms with E-state index in [0.29, 0.717) is 51.6 Å². The number of aliphatic hydroxyl groups excluding tert-OH is 14. The van der Waals surface area contributed by atoms with E-state index >= 15 is 0 Å². The van der Waals surface area contributed by atoms with Crippen LogP contribution in [0, 0.1) is 11.8 Å². The predicted octanol–water partition coefficient (Wildman–Crippen LogP) is -7.12. The number of aliphatic hydroxyl groups is 14. The largest absolute Gasteiger partial charge is 0.394 e. The molecule has 2 unspecified atom stereocenters. The molecule has 20 atom stereocenters. The second-order valence-electron chi connectivity index (χ2n) is 20.3. The third-order valence-electron chi connectivity index (χ3n) is 14.1. The zero-order valence-corrected chi connectivity index (χ0v) is 43.4. The minimum absolute atomic E-state index is 0.0337. The molecule has 4 saturated heterocycles. The summed E-state index contributed by atoms with van der Waals surface area (Å²) in [5, 5.41) is 152. The number of hydrogen-bond donors (Lipinski definition) is 17. The van der Waals surface area contributed by atoms with Gasteiger partial charge in [-0.05, 0) is 32.6 Å². The molecule has 0 spiro atoms. The van der Waals surface area contributed by atoms with Crippen LogP contribution in [-0.2, 0) is 52.3 Å². The average Bonchev–Trinajstić information content (AvgIpc) is 3.41. The van der Waals surface area contributed by atoms with E-state index in [9.17, 15) is 85.9 Å². The van der Waals surface area contributed by atoms with Gasteiger partial charge in [0, 0.05) is 57.9 Å². The molecule has 3 amide bonds. The van der Waals surface area contributed by atoms with Gasteiger partial charge in [-0.2, -0.15) is 0 Å². The van der Waals surface area contributed by atoms with Crippen LogP contribution in [0.2, 0.25) is 0 Å². The SMILES string of the molecule is CC(=O)NC(C)(COCCC(=O)NCCCCCCO[C@@H]1O[C@H](CO)C([C@H]2O[C@H](CO)[C@@H](O)[C@H](O)[C@H]2O)[C@H](O)[C@H]1O)COCCC(=O)NCCCCCCO[C@@H]1O[C@H](CO)C([C@H]2O[C@H](CO)[C@@H](O)[C@H](O)[C@H]2O)[C@H](O)[C@H]1O. The molecule has 4 rings (SSSR count). The lowest BCUT2D eigenvalue weighted by molar-refractivity contribution is -0.324. The van der Waals surface area contributed by atoms with E-state index in [1.165, 1.54) is 6.92 Å². The lowest BCUT2D eigenvalue weighted by Crippen LogP contribution is -2.67. The molecular weight excluding hydrogens is 1020 g/mol. The van der Waals surface area contributed by atoms with Gasteiger partial charge in [-0.15, -0.1) is 0 Å². The molecule has 0 radical (unpaired) electrons. The number of unbranched alkanes of at least 4 members (excludes halogenated alkanes) is 6. The molecule has 444 valence electrons. The molecule has 28 heteroatoms. The zero-order valence-electron chi connectivity index (χ0n) is 43.4. The van der Waals surface area contributed by atoms with Gasteiger partial charge < -0.3 is 125 Å². The van der Waals surface area contributed by atoms with Crippen molar-refractivity contribution in [3.63, 3.8) is 0 Å². The van der Waals surface area contributed by atoms with Crippen molar-refractivity contribution in [2.75, 3.05) is 79.2 Å². The Morgan fingerprint density at radius 3 is 1.17 bits per heavy atom. The van der Waals surface area contributed by atoms with Crippen LogP contribution >= 0.6 is 0 Å². The van der Waals surface area contributed by atoms with Crippen molar-refractivity contribution in [3.05, 3.63) is 0 Å². The van der Waals surface area contributed by atoms with Crippen LogP contribution in [-0.4, -0.2) is 284 Å². The highest BCUT2D eigenvalue weighted by atomic mass is 16.7. The summed E-state index contributed by atoms with van der Waals surface area (Å²) in [5.41, 5.74) is -0.942. The van der Waals surface area contributed by atoms with E-state index in [-0.39, 0.29) is 70.2 Å². The Morgan fingerprint density at radius 2 is 0.816 bits per heavy atom. The molecule has 0 saturated carbocycles. The van der Waals surface area contributed by atoms with Gasteiger partial charge in [0.05, 0.1) is 95.0 Å². The van der Waals surface area contributed by atoms with Gasteiger partial charge in [0.15, 0.2) is 12.6 Å². The highest BCUT2D eigenvalue weighted by molar-refractivity contribution is 5.76. The summed E-state index contributed by atoms with van der Waals surface area (Å²) >= 11 is 0. The summed E-state index contributed by atoms with van der Waals surface area (Å²) in [6.07, 6.45) is -21.5. The van der Waals surface area contributed by atoms with E-state index in [1.54, 1.807) is 6.92 Å². The minimum atomic E-state index is -1.72. The molecule has 0 aromatic carbocycles. The molecule has 0 aromatic rings. The summed E-state index contributed by atoms with van der Waals surface area (Å²) < 4.78 is 45.2. The third kappa shape index (κ3) is 19.1. The number of carbonyl (C=O) groups is 3. The van der Waals surface area contributed by atoms with E-state index in [0.717, 1.165) is 12.8 Å². The molecule has 17 N–H and O–H groups in total. The number of amides is 3. The Hall–Kier alpha value is -2.47. The van der Waals surface area contributed by atoms with Gasteiger partial charge in [0.25, 0.3) is 0 Å². The van der Waals surface area contributed by atoms with Gasteiger partial charge in [0.1, 0.15) is 61.0 Å². The fourth-order valence-electron chi connectivity index (χ4n) is 9.87. The number of rotatable bonds is 33. The Labute approximate surface area is 441 Å². The van der Waals surface area contributed by atoms with E-state index < -0.39 is 154 Å². The molecule has 0 aliphatic carbocycles. The first kappa shape index (κ1) is 66.0. The van der Waals surface area contributed by atoms with Crippen LogP contribution in [0.4, 0.5) is 0 Å². The van der Waals surface area contributed by atoms with Crippen molar-refractivity contribution in [2.24, 2.45) is 11.8 Å². The molecular formula is C48H87N3O25. The Morgan fingerprint density at radius 1 is 0.447 bits per heavy atom. The van der Waals surface area contributed by atoms with Crippen LogP contribution in [0.5, 0.6) is 0 Å². The first-order valence-corrected chi connectivity index (χ1v) is 26.3. The van der Waals surface area contributed by atoms with Gasteiger partial charge in [-0.3, -0.25) is 14.4 Å². The second-order valence-corrected chi connectivity index (χ2v) is 20.3. The predicted molar refractivity (Wildman–Crippen MR) is 258 cm³/mol. The summed E-state index contributed by atoms with van der Waals surface area (Å²) in [4.78, 5) is 36.8. The fraction of sp³-hybridized carbons (Fsp3) is 0.938. The second kappa shape index (κ2) is 33.3. The highest BCUT2D eigenvalue weighted by Crippen LogP contribution is 2.38. The number of ether oxygens (including phenoxy) is 8. The fourth-order valence-corrected chi connectivity index (χ4v) is 9.87. The normalized spacial score (nSPS) is 36.8. The van der Waals surface area contributed by atoms with Crippen molar-refractivity contribution in [1.29, 1.82) is 0 Å². The Bertz CT molecular complexity index is 1570. The third-order valence-corrected chi connectivity index (χ3v) is 14.1. The molecule has 0 aromatic heterocycles. The monoisotopic (exact) mass is 1110 g/mol. The van der Waals surface area contributed by atoms with Gasteiger partial charge >= 0.3 is 0 Å². The quantitative estimate of drug-likeness (QED) is 0.0272. The smallest absolute Gasteiger partial charge is 0.222 e. The number of hydrogen-bond acceptors (Lipinski definition) is 25. The van der Waals surface area contributed by atoms with Crippen LogP contribution < -0.4 is 16.0 Å².